The maximum atomic E-state index is 12.9. The van der Waals surface area contributed by atoms with E-state index in [2.05, 4.69) is 20.9 Å². The molecule has 0 saturated carbocycles. The Morgan fingerprint density at radius 3 is 2.41 bits per heavy atom. The van der Waals surface area contributed by atoms with E-state index in [9.17, 15) is 14.4 Å². The van der Waals surface area contributed by atoms with Gasteiger partial charge in [-0.15, -0.1) is 0 Å². The maximum Gasteiger partial charge on any atom is 0.310 e. The van der Waals surface area contributed by atoms with Gasteiger partial charge in [-0.1, -0.05) is 30.3 Å². The summed E-state index contributed by atoms with van der Waals surface area (Å²) >= 11 is 0. The number of carbonyl (C=O) groups is 2. The van der Waals surface area contributed by atoms with Crippen LogP contribution in [0.1, 0.15) is 28.7 Å². The molecule has 0 aliphatic rings. The zero-order valence-corrected chi connectivity index (χ0v) is 17.9. The third-order valence-corrected chi connectivity index (χ3v) is 5.19. The number of aryl methyl sites for hydroxylation is 1. The van der Waals surface area contributed by atoms with Crippen molar-refractivity contribution >= 4 is 28.5 Å². The van der Waals surface area contributed by atoms with Crippen molar-refractivity contribution in [2.45, 2.75) is 27.3 Å². The smallest absolute Gasteiger partial charge is 0.283 e. The number of para-hydroxylation sites is 2. The number of nitrogens with zero attached hydrogens (tertiary/aromatic N) is 4. The van der Waals surface area contributed by atoms with Crippen molar-refractivity contribution in [3.63, 3.8) is 0 Å². The number of hydrazine groups is 1. The van der Waals surface area contributed by atoms with Crippen LogP contribution in [0.5, 0.6) is 0 Å². The Kier molecular flexibility index (Phi) is 5.55. The molecular weight excluding hydrogens is 408 g/mol. The molecular formula is C23H22N6O3. The Hall–Kier alpha value is -4.27. The van der Waals surface area contributed by atoms with E-state index < -0.39 is 11.7 Å². The van der Waals surface area contributed by atoms with Crippen molar-refractivity contribution in [1.29, 1.82) is 0 Å². The molecule has 162 valence electrons. The molecule has 2 aromatic heterocycles. The second-order valence-electron chi connectivity index (χ2n) is 7.20. The van der Waals surface area contributed by atoms with Crippen molar-refractivity contribution in [2.75, 3.05) is 5.43 Å². The molecule has 0 saturated heterocycles. The lowest BCUT2D eigenvalue weighted by atomic mass is 10.1. The third kappa shape index (κ3) is 3.64. The summed E-state index contributed by atoms with van der Waals surface area (Å²) in [5.41, 5.74) is 7.27. The van der Waals surface area contributed by atoms with E-state index in [4.69, 9.17) is 0 Å². The third-order valence-electron chi connectivity index (χ3n) is 5.19. The van der Waals surface area contributed by atoms with Crippen LogP contribution in [0.3, 0.4) is 0 Å². The first-order valence-corrected chi connectivity index (χ1v) is 10.1. The number of nitrogens with one attached hydrogen (secondary N) is 2. The molecule has 32 heavy (non-hydrogen) atoms. The lowest BCUT2D eigenvalue weighted by Gasteiger charge is -2.13. The van der Waals surface area contributed by atoms with Gasteiger partial charge >= 0.3 is 5.91 Å². The van der Waals surface area contributed by atoms with Crippen molar-refractivity contribution in [2.24, 2.45) is 0 Å². The van der Waals surface area contributed by atoms with Crippen LogP contribution < -0.4 is 16.4 Å². The average Bonchev–Trinajstić information content (AvgIpc) is 3.11. The summed E-state index contributed by atoms with van der Waals surface area (Å²) in [4.78, 5) is 42.6. The molecule has 0 unspecified atom stereocenters. The monoisotopic (exact) mass is 430 g/mol. The second-order valence-corrected chi connectivity index (χ2v) is 7.20. The highest BCUT2D eigenvalue weighted by Gasteiger charge is 2.25. The summed E-state index contributed by atoms with van der Waals surface area (Å²) in [5, 5.41) is 4.89. The number of anilines is 1. The minimum Gasteiger partial charge on any atom is -0.283 e. The number of benzene rings is 2. The van der Waals surface area contributed by atoms with E-state index in [-0.39, 0.29) is 17.1 Å². The van der Waals surface area contributed by atoms with Gasteiger partial charge in [-0.3, -0.25) is 29.8 Å². The Balaban J connectivity index is 1.59. The van der Waals surface area contributed by atoms with Gasteiger partial charge in [0, 0.05) is 6.54 Å². The van der Waals surface area contributed by atoms with Crippen LogP contribution >= 0.6 is 0 Å². The quantitative estimate of drug-likeness (QED) is 0.276. The topological polar surface area (TPSA) is 111 Å². The minimum atomic E-state index is -0.881. The molecule has 4 aromatic rings. The second kappa shape index (κ2) is 8.46. The SMILES string of the molecule is CCn1c(NNC(=O)C(=O)c2c(C)nn(-c3ccccc3)c2C)nc2ccccc2c1=O. The van der Waals surface area contributed by atoms with E-state index in [0.29, 0.717) is 28.8 Å². The number of hydrogen-bond donors (Lipinski definition) is 2. The molecule has 9 nitrogen and oxygen atoms in total. The van der Waals surface area contributed by atoms with Crippen molar-refractivity contribution in [3.8, 4) is 5.69 Å². The first-order valence-electron chi connectivity index (χ1n) is 10.1. The maximum absolute atomic E-state index is 12.9. The van der Waals surface area contributed by atoms with Crippen LogP contribution in [0.15, 0.2) is 59.4 Å². The lowest BCUT2D eigenvalue weighted by Crippen LogP contribution is -2.38. The van der Waals surface area contributed by atoms with Crippen molar-refractivity contribution in [3.05, 3.63) is 81.9 Å². The van der Waals surface area contributed by atoms with Gasteiger partial charge in [0.25, 0.3) is 11.3 Å². The Labute approximate surface area is 183 Å². The van der Waals surface area contributed by atoms with Crippen LogP contribution in [0, 0.1) is 13.8 Å². The first kappa shape index (κ1) is 21.0. The average molecular weight is 430 g/mol. The summed E-state index contributed by atoms with van der Waals surface area (Å²) in [5.74, 6) is -1.47. The zero-order chi connectivity index (χ0) is 22.8. The van der Waals surface area contributed by atoms with Crippen LogP contribution in [0.4, 0.5) is 5.95 Å². The fourth-order valence-corrected chi connectivity index (χ4v) is 3.63. The van der Waals surface area contributed by atoms with E-state index in [1.807, 2.05) is 30.3 Å². The Morgan fingerprint density at radius 1 is 1.00 bits per heavy atom. The van der Waals surface area contributed by atoms with Crippen LogP contribution in [0.2, 0.25) is 0 Å². The summed E-state index contributed by atoms with van der Waals surface area (Å²) in [6, 6.07) is 16.3. The molecule has 0 atom stereocenters. The molecule has 0 spiro atoms. The summed E-state index contributed by atoms with van der Waals surface area (Å²) < 4.78 is 3.01. The van der Waals surface area contributed by atoms with Gasteiger partial charge in [0.1, 0.15) is 0 Å². The molecule has 9 heteroatoms. The highest BCUT2D eigenvalue weighted by atomic mass is 16.2. The first-order chi connectivity index (χ1) is 15.4. The molecule has 0 bridgehead atoms. The van der Waals surface area contributed by atoms with Gasteiger partial charge in [0.15, 0.2) is 0 Å². The van der Waals surface area contributed by atoms with Gasteiger partial charge in [0.05, 0.1) is 33.5 Å². The normalized spacial score (nSPS) is 10.8. The highest BCUT2D eigenvalue weighted by Crippen LogP contribution is 2.18. The number of ketones is 1. The number of fused-ring (bicyclic) bond motifs is 1. The molecule has 2 heterocycles. The van der Waals surface area contributed by atoms with Crippen molar-refractivity contribution in [1.82, 2.24) is 24.8 Å². The fraction of sp³-hybridized carbons (Fsp3) is 0.174. The van der Waals surface area contributed by atoms with Gasteiger partial charge in [-0.05, 0) is 45.0 Å². The summed E-state index contributed by atoms with van der Waals surface area (Å²) in [7, 11) is 0. The predicted octanol–water partition coefficient (Wildman–Crippen LogP) is 2.54. The number of carbonyl (C=O) groups excluding carboxylic acids is 2. The largest absolute Gasteiger partial charge is 0.310 e. The number of Topliss-reactive ketones (excluding diaryl/α,β-unsaturated/α-hetero) is 1. The predicted molar refractivity (Wildman–Crippen MR) is 121 cm³/mol. The molecule has 1 amide bonds. The molecule has 0 aliphatic carbocycles. The molecule has 2 N–H and O–H groups in total. The van der Waals surface area contributed by atoms with E-state index >= 15 is 0 Å². The lowest BCUT2D eigenvalue weighted by molar-refractivity contribution is -0.116. The fourth-order valence-electron chi connectivity index (χ4n) is 3.63. The standard InChI is InChI=1S/C23H22N6O3/c1-4-28-22(32)17-12-8-9-13-18(17)24-23(28)26-25-21(31)20(30)19-14(2)27-29(15(19)3)16-10-6-5-7-11-16/h5-13H,4H2,1-3H3,(H,24,26)(H,25,31). The zero-order valence-electron chi connectivity index (χ0n) is 17.9. The van der Waals surface area contributed by atoms with Gasteiger partial charge < -0.3 is 0 Å². The van der Waals surface area contributed by atoms with Gasteiger partial charge in [-0.25, -0.2) is 9.67 Å². The Morgan fingerprint density at radius 2 is 1.69 bits per heavy atom. The van der Waals surface area contributed by atoms with E-state index in [1.165, 1.54) is 4.57 Å². The molecule has 0 fully saturated rings. The van der Waals surface area contributed by atoms with E-state index in [0.717, 1.165) is 5.69 Å². The van der Waals surface area contributed by atoms with Crippen LogP contribution in [-0.2, 0) is 11.3 Å². The number of amides is 1. The number of hydrogen-bond acceptors (Lipinski definition) is 6. The highest BCUT2D eigenvalue weighted by molar-refractivity contribution is 6.43. The van der Waals surface area contributed by atoms with Gasteiger partial charge in [-0.2, -0.15) is 5.10 Å². The van der Waals surface area contributed by atoms with Crippen molar-refractivity contribution < 1.29 is 9.59 Å². The van der Waals surface area contributed by atoms with Crippen LogP contribution in [0.25, 0.3) is 16.6 Å². The van der Waals surface area contributed by atoms with E-state index in [1.54, 1.807) is 49.7 Å². The molecule has 0 radical (unpaired) electrons. The summed E-state index contributed by atoms with van der Waals surface area (Å²) in [6.07, 6.45) is 0. The minimum absolute atomic E-state index is 0.144. The number of aromatic nitrogens is 4. The molecule has 4 rings (SSSR count). The number of rotatable bonds is 6. The van der Waals surface area contributed by atoms with Gasteiger partial charge in [0.2, 0.25) is 5.95 Å². The Bertz CT molecular complexity index is 1390. The van der Waals surface area contributed by atoms with Crippen LogP contribution in [-0.4, -0.2) is 31.0 Å². The molecule has 0 aliphatic heterocycles. The molecule has 2 aromatic carbocycles. The summed E-state index contributed by atoms with van der Waals surface area (Å²) in [6.45, 7) is 5.55.